The molecule has 0 saturated heterocycles. The minimum atomic E-state index is -3.43. The first-order valence-electron chi connectivity index (χ1n) is 7.22. The van der Waals surface area contributed by atoms with Crippen LogP contribution in [0, 0.1) is 0 Å². The van der Waals surface area contributed by atoms with E-state index in [0.29, 0.717) is 11.4 Å². The molecule has 0 aliphatic carbocycles. The number of sulfonamides is 1. The van der Waals surface area contributed by atoms with E-state index in [1.54, 1.807) is 12.1 Å². The van der Waals surface area contributed by atoms with Crippen LogP contribution in [0.15, 0.2) is 57.9 Å². The molecule has 0 unspecified atom stereocenters. The van der Waals surface area contributed by atoms with Gasteiger partial charge in [0.25, 0.3) is 0 Å². The summed E-state index contributed by atoms with van der Waals surface area (Å²) in [6, 6.07) is 14.9. The van der Waals surface area contributed by atoms with Gasteiger partial charge in [0.2, 0.25) is 10.0 Å². The fraction of sp³-hybridized carbons (Fsp3) is 0.250. The monoisotopic (exact) mass is 508 g/mol. The zero-order valence-electron chi connectivity index (χ0n) is 12.4. The van der Waals surface area contributed by atoms with E-state index in [-0.39, 0.29) is 0 Å². The number of benzene rings is 2. The van der Waals surface area contributed by atoms with E-state index < -0.39 is 10.0 Å². The molecule has 7 heteroatoms. The lowest BCUT2D eigenvalue weighted by Gasteiger charge is -2.08. The number of hydrogen-bond donors (Lipinski definition) is 2. The second-order valence-corrected chi connectivity index (χ2v) is 8.47. The number of hydrogen-bond acceptors (Lipinski definition) is 3. The summed E-state index contributed by atoms with van der Waals surface area (Å²) in [5.41, 5.74) is 2.04. The van der Waals surface area contributed by atoms with Gasteiger partial charge < -0.3 is 0 Å². The molecular formula is C16H18BrIN2O2S. The highest BCUT2D eigenvalue weighted by atomic mass is 127. The molecule has 0 spiro atoms. The minimum absolute atomic E-state index is 0.297. The maximum atomic E-state index is 12.2. The van der Waals surface area contributed by atoms with Gasteiger partial charge >= 0.3 is 0 Å². The maximum absolute atomic E-state index is 12.2. The van der Waals surface area contributed by atoms with Crippen LogP contribution in [0.3, 0.4) is 0 Å². The fourth-order valence-electron chi connectivity index (χ4n) is 2.08. The molecule has 0 saturated carbocycles. The Morgan fingerprint density at radius 2 is 1.39 bits per heavy atom. The van der Waals surface area contributed by atoms with Crippen molar-refractivity contribution >= 4 is 48.8 Å². The molecule has 0 aliphatic heterocycles. The Morgan fingerprint density at radius 1 is 0.870 bits per heavy atom. The molecule has 0 bridgehead atoms. The van der Waals surface area contributed by atoms with Gasteiger partial charge in [-0.3, -0.25) is 3.53 Å². The Balaban J connectivity index is 2.02. The first-order chi connectivity index (χ1) is 11.0. The van der Waals surface area contributed by atoms with Crippen molar-refractivity contribution in [2.24, 2.45) is 0 Å². The molecule has 124 valence electrons. The Kier molecular flexibility index (Phi) is 7.48. The third-order valence-corrected chi connectivity index (χ3v) is 5.88. The summed E-state index contributed by atoms with van der Waals surface area (Å²) in [6.07, 6.45) is 1.75. The SMILES string of the molecule is O=S(=O)(NCCCCNI)c1ccc(-c2ccc(Br)cc2)cc1. The predicted molar refractivity (Wildman–Crippen MR) is 106 cm³/mol. The van der Waals surface area contributed by atoms with Gasteiger partial charge in [0, 0.05) is 40.4 Å². The van der Waals surface area contributed by atoms with Crippen LogP contribution < -0.4 is 8.25 Å². The second kappa shape index (κ2) is 9.12. The Hall–Kier alpha value is -0.480. The fourth-order valence-corrected chi connectivity index (χ4v) is 3.80. The van der Waals surface area contributed by atoms with Gasteiger partial charge in [0.05, 0.1) is 4.90 Å². The summed E-state index contributed by atoms with van der Waals surface area (Å²) in [4.78, 5) is 0.297. The van der Waals surface area contributed by atoms with Gasteiger partial charge in [-0.2, -0.15) is 0 Å². The highest BCUT2D eigenvalue weighted by molar-refractivity contribution is 14.1. The zero-order chi connectivity index (χ0) is 16.7. The minimum Gasteiger partial charge on any atom is -0.261 e. The molecule has 2 aromatic rings. The summed E-state index contributed by atoms with van der Waals surface area (Å²) in [6.45, 7) is 1.33. The summed E-state index contributed by atoms with van der Waals surface area (Å²) in [5.74, 6) is 0. The normalized spacial score (nSPS) is 11.6. The van der Waals surface area contributed by atoms with Crippen LogP contribution in [0.2, 0.25) is 0 Å². The van der Waals surface area contributed by atoms with Crippen molar-refractivity contribution in [1.29, 1.82) is 0 Å². The smallest absolute Gasteiger partial charge is 0.240 e. The van der Waals surface area contributed by atoms with Gasteiger partial charge in [0.1, 0.15) is 0 Å². The van der Waals surface area contributed by atoms with E-state index in [0.717, 1.165) is 35.0 Å². The van der Waals surface area contributed by atoms with E-state index in [1.165, 1.54) is 0 Å². The summed E-state index contributed by atoms with van der Waals surface area (Å²) in [7, 11) is -3.43. The van der Waals surface area contributed by atoms with Crippen LogP contribution in [0.5, 0.6) is 0 Å². The first kappa shape index (κ1) is 18.9. The Bertz CT molecular complexity index is 719. The molecule has 2 rings (SSSR count). The molecule has 2 aromatic carbocycles. The van der Waals surface area contributed by atoms with E-state index in [1.807, 2.05) is 36.4 Å². The van der Waals surface area contributed by atoms with E-state index in [9.17, 15) is 8.42 Å². The Labute approximate surface area is 159 Å². The average Bonchev–Trinajstić information content (AvgIpc) is 2.55. The molecule has 0 aliphatic rings. The Morgan fingerprint density at radius 3 is 1.96 bits per heavy atom. The molecule has 0 radical (unpaired) electrons. The lowest BCUT2D eigenvalue weighted by Crippen LogP contribution is -2.25. The van der Waals surface area contributed by atoms with Crippen LogP contribution >= 0.6 is 38.8 Å². The highest BCUT2D eigenvalue weighted by Crippen LogP contribution is 2.23. The van der Waals surface area contributed by atoms with Crippen molar-refractivity contribution < 1.29 is 8.42 Å². The van der Waals surface area contributed by atoms with E-state index >= 15 is 0 Å². The summed E-state index contributed by atoms with van der Waals surface area (Å²) >= 11 is 5.49. The van der Waals surface area contributed by atoms with E-state index in [2.05, 4.69) is 47.0 Å². The van der Waals surface area contributed by atoms with Crippen molar-refractivity contribution in [2.75, 3.05) is 13.1 Å². The number of halogens is 2. The second-order valence-electron chi connectivity index (χ2n) is 5.02. The van der Waals surface area contributed by atoms with Crippen LogP contribution in [0.1, 0.15) is 12.8 Å². The number of nitrogens with one attached hydrogen (secondary N) is 2. The molecule has 4 nitrogen and oxygen atoms in total. The largest absolute Gasteiger partial charge is 0.261 e. The van der Waals surface area contributed by atoms with Crippen molar-refractivity contribution in [3.05, 3.63) is 53.0 Å². The molecule has 0 aromatic heterocycles. The van der Waals surface area contributed by atoms with Crippen LogP contribution in [0.4, 0.5) is 0 Å². The standard InChI is InChI=1S/C16H18BrIN2O2S/c17-15-7-3-13(4-8-15)14-5-9-16(10-6-14)23(21,22)20-12-2-1-11-19-18/h3-10,19-20H,1-2,11-12H2. The summed E-state index contributed by atoms with van der Waals surface area (Å²) < 4.78 is 31.1. The van der Waals surface area contributed by atoms with Crippen LogP contribution in [-0.4, -0.2) is 21.5 Å². The lowest BCUT2D eigenvalue weighted by atomic mass is 10.1. The molecule has 23 heavy (non-hydrogen) atoms. The first-order valence-corrected chi connectivity index (χ1v) is 10.6. The zero-order valence-corrected chi connectivity index (χ0v) is 17.0. The molecular weight excluding hydrogens is 491 g/mol. The molecule has 2 N–H and O–H groups in total. The quantitative estimate of drug-likeness (QED) is 0.320. The van der Waals surface area contributed by atoms with Gasteiger partial charge in [-0.05, 0) is 48.2 Å². The average molecular weight is 509 g/mol. The van der Waals surface area contributed by atoms with Crippen molar-refractivity contribution in [3.63, 3.8) is 0 Å². The molecule has 0 heterocycles. The number of rotatable bonds is 8. The molecule has 0 atom stereocenters. The van der Waals surface area contributed by atoms with E-state index in [4.69, 9.17) is 0 Å². The van der Waals surface area contributed by atoms with Crippen molar-refractivity contribution in [3.8, 4) is 11.1 Å². The maximum Gasteiger partial charge on any atom is 0.240 e. The third-order valence-electron chi connectivity index (χ3n) is 3.33. The van der Waals surface area contributed by atoms with Gasteiger partial charge in [-0.25, -0.2) is 13.1 Å². The van der Waals surface area contributed by atoms with Crippen LogP contribution in [-0.2, 0) is 10.0 Å². The molecule has 0 fully saturated rings. The predicted octanol–water partition coefficient (Wildman–Crippen LogP) is 4.11. The highest BCUT2D eigenvalue weighted by Gasteiger charge is 2.13. The summed E-state index contributed by atoms with van der Waals surface area (Å²) in [5, 5.41) is 0. The van der Waals surface area contributed by atoms with Gasteiger partial charge in [-0.1, -0.05) is 40.2 Å². The third kappa shape index (κ3) is 5.82. The number of unbranched alkanes of at least 4 members (excludes halogenated alkanes) is 1. The molecule has 0 amide bonds. The van der Waals surface area contributed by atoms with Gasteiger partial charge in [0.15, 0.2) is 0 Å². The van der Waals surface area contributed by atoms with Crippen LogP contribution in [0.25, 0.3) is 11.1 Å². The topological polar surface area (TPSA) is 58.2 Å². The van der Waals surface area contributed by atoms with Crippen molar-refractivity contribution in [2.45, 2.75) is 17.7 Å². The van der Waals surface area contributed by atoms with Crippen molar-refractivity contribution in [1.82, 2.24) is 8.25 Å². The lowest BCUT2D eigenvalue weighted by molar-refractivity contribution is 0.577. The van der Waals surface area contributed by atoms with Gasteiger partial charge in [-0.15, -0.1) is 0 Å².